The number of halogens is 1. The third-order valence-electron chi connectivity index (χ3n) is 5.70. The number of fused-ring (bicyclic) bond motifs is 1. The summed E-state index contributed by atoms with van der Waals surface area (Å²) >= 11 is 0. The van der Waals surface area contributed by atoms with E-state index in [1.54, 1.807) is 12.1 Å². The fourth-order valence-corrected chi connectivity index (χ4v) is 4.16. The highest BCUT2D eigenvalue weighted by atomic mass is 19.1. The van der Waals surface area contributed by atoms with Crippen molar-refractivity contribution in [1.29, 1.82) is 0 Å². The van der Waals surface area contributed by atoms with Crippen molar-refractivity contribution in [2.24, 2.45) is 0 Å². The number of carbonyl (C=O) groups excluding carboxylic acids is 1. The first-order chi connectivity index (χ1) is 14.2. The van der Waals surface area contributed by atoms with Crippen molar-refractivity contribution in [3.05, 3.63) is 59.9 Å². The fourth-order valence-electron chi connectivity index (χ4n) is 4.16. The third-order valence-corrected chi connectivity index (χ3v) is 5.70. The lowest BCUT2D eigenvalue weighted by Gasteiger charge is -2.24. The number of rotatable bonds is 7. The van der Waals surface area contributed by atoms with Crippen LogP contribution in [0.1, 0.15) is 31.7 Å². The molecule has 152 valence electrons. The molecular formula is C24H27FN2O2. The molecule has 1 N–H and O–H groups in total. The summed E-state index contributed by atoms with van der Waals surface area (Å²) < 4.78 is 19.6. The first-order valence-corrected chi connectivity index (χ1v) is 10.4. The number of hydrogen-bond acceptors (Lipinski definition) is 2. The number of aromatic nitrogens is 1. The summed E-state index contributed by atoms with van der Waals surface area (Å²) in [4.78, 5) is 18.2. The van der Waals surface area contributed by atoms with Gasteiger partial charge in [0.1, 0.15) is 5.82 Å². The number of carbonyl (C=O) groups is 1. The molecule has 1 saturated heterocycles. The van der Waals surface area contributed by atoms with Crippen LogP contribution in [-0.4, -0.2) is 41.6 Å². The number of hydrogen-bond donors (Lipinski definition) is 1. The predicted octanol–water partition coefficient (Wildman–Crippen LogP) is 4.93. The number of nitrogens with one attached hydrogen (secondary N) is 1. The highest BCUT2D eigenvalue weighted by Gasteiger charge is 2.22. The largest absolute Gasteiger partial charge is 0.376 e. The maximum atomic E-state index is 13.9. The van der Waals surface area contributed by atoms with Crippen LogP contribution in [0.5, 0.6) is 0 Å². The average molecular weight is 394 g/mol. The van der Waals surface area contributed by atoms with Crippen LogP contribution in [0.3, 0.4) is 0 Å². The summed E-state index contributed by atoms with van der Waals surface area (Å²) in [7, 11) is 0. The second-order valence-electron chi connectivity index (χ2n) is 7.60. The van der Waals surface area contributed by atoms with E-state index < -0.39 is 0 Å². The number of benzene rings is 2. The van der Waals surface area contributed by atoms with Crippen LogP contribution in [0.4, 0.5) is 4.39 Å². The Morgan fingerprint density at radius 1 is 1.24 bits per heavy atom. The van der Waals surface area contributed by atoms with Gasteiger partial charge in [0.2, 0.25) is 5.91 Å². The molecule has 0 aliphatic carbocycles. The molecule has 0 bridgehead atoms. The molecule has 4 nitrogen and oxygen atoms in total. The van der Waals surface area contributed by atoms with Gasteiger partial charge in [0, 0.05) is 42.7 Å². The maximum Gasteiger partial charge on any atom is 0.222 e. The Bertz CT molecular complexity index is 977. The second-order valence-corrected chi connectivity index (χ2v) is 7.60. The monoisotopic (exact) mass is 394 g/mol. The lowest BCUT2D eigenvalue weighted by Crippen LogP contribution is -2.37. The molecule has 1 aliphatic heterocycles. The topological polar surface area (TPSA) is 45.3 Å². The second kappa shape index (κ2) is 8.78. The molecular weight excluding hydrogens is 367 g/mol. The Balaban J connectivity index is 1.57. The quantitative estimate of drug-likeness (QED) is 0.617. The minimum atomic E-state index is -0.266. The molecule has 1 fully saturated rings. The Morgan fingerprint density at radius 2 is 2.07 bits per heavy atom. The van der Waals surface area contributed by atoms with Crippen LogP contribution in [0, 0.1) is 5.82 Å². The van der Waals surface area contributed by atoms with Crippen molar-refractivity contribution < 1.29 is 13.9 Å². The number of aromatic amines is 1. The van der Waals surface area contributed by atoms with Crippen LogP contribution in [0.2, 0.25) is 0 Å². The average Bonchev–Trinajstić information content (AvgIpc) is 3.38. The number of ether oxygens (including phenoxy) is 1. The Hall–Kier alpha value is -2.66. The summed E-state index contributed by atoms with van der Waals surface area (Å²) in [5.74, 6) is -0.148. The number of likely N-dealkylation sites (N-methyl/N-ethyl adjacent to an activating group) is 1. The van der Waals surface area contributed by atoms with Gasteiger partial charge in [-0.2, -0.15) is 0 Å². The van der Waals surface area contributed by atoms with Crippen molar-refractivity contribution in [2.45, 2.75) is 38.7 Å². The van der Waals surface area contributed by atoms with Gasteiger partial charge in [0.15, 0.2) is 0 Å². The van der Waals surface area contributed by atoms with Gasteiger partial charge in [-0.1, -0.05) is 30.3 Å². The van der Waals surface area contributed by atoms with E-state index in [0.29, 0.717) is 25.9 Å². The highest BCUT2D eigenvalue weighted by Crippen LogP contribution is 2.32. The van der Waals surface area contributed by atoms with Crippen molar-refractivity contribution in [2.75, 3.05) is 19.7 Å². The molecule has 29 heavy (non-hydrogen) atoms. The predicted molar refractivity (Wildman–Crippen MR) is 113 cm³/mol. The van der Waals surface area contributed by atoms with Gasteiger partial charge in [-0.15, -0.1) is 0 Å². The Labute approximate surface area is 170 Å². The van der Waals surface area contributed by atoms with Crippen molar-refractivity contribution in [1.82, 2.24) is 9.88 Å². The van der Waals surface area contributed by atoms with E-state index in [-0.39, 0.29) is 17.8 Å². The van der Waals surface area contributed by atoms with E-state index in [4.69, 9.17) is 4.74 Å². The van der Waals surface area contributed by atoms with Gasteiger partial charge < -0.3 is 14.6 Å². The van der Waals surface area contributed by atoms with Crippen LogP contribution in [0.15, 0.2) is 48.5 Å². The van der Waals surface area contributed by atoms with Gasteiger partial charge in [0.05, 0.1) is 6.10 Å². The zero-order valence-corrected chi connectivity index (χ0v) is 16.8. The van der Waals surface area contributed by atoms with Gasteiger partial charge in [0.25, 0.3) is 0 Å². The van der Waals surface area contributed by atoms with Gasteiger partial charge in [-0.3, -0.25) is 4.79 Å². The summed E-state index contributed by atoms with van der Waals surface area (Å²) in [6.07, 6.45) is 3.20. The summed E-state index contributed by atoms with van der Waals surface area (Å²) in [5.41, 5.74) is 3.88. The van der Waals surface area contributed by atoms with Gasteiger partial charge in [-0.05, 0) is 55.5 Å². The molecule has 0 saturated carbocycles. The molecule has 2 heterocycles. The minimum Gasteiger partial charge on any atom is -0.376 e. The molecule has 0 spiro atoms. The number of H-pyrrole nitrogens is 1. The Kier molecular flexibility index (Phi) is 5.95. The molecule has 1 aromatic heterocycles. The molecule has 2 aromatic carbocycles. The summed E-state index contributed by atoms with van der Waals surface area (Å²) in [5, 5.41) is 0.846. The van der Waals surface area contributed by atoms with Crippen molar-refractivity contribution in [3.8, 4) is 11.3 Å². The minimum absolute atomic E-state index is 0.118. The standard InChI is InChI=1S/C24H27FN2O2/c1-2-27(16-19-9-6-14-29-19)23(28)13-11-20-21-15-18(25)10-12-22(21)26-24(20)17-7-4-3-5-8-17/h3-5,7-8,10,12,15,19,26H,2,6,9,11,13-14,16H2,1H3. The summed E-state index contributed by atoms with van der Waals surface area (Å²) in [6, 6.07) is 14.8. The summed E-state index contributed by atoms with van der Waals surface area (Å²) in [6.45, 7) is 4.12. The highest BCUT2D eigenvalue weighted by molar-refractivity contribution is 5.91. The van der Waals surface area contributed by atoms with Crippen LogP contribution in [-0.2, 0) is 16.0 Å². The first kappa shape index (κ1) is 19.6. The van der Waals surface area contributed by atoms with Crippen LogP contribution >= 0.6 is 0 Å². The fraction of sp³-hybridized carbons (Fsp3) is 0.375. The molecule has 1 aliphatic rings. The van der Waals surface area contributed by atoms with E-state index in [1.807, 2.05) is 42.2 Å². The molecule has 1 amide bonds. The number of amides is 1. The molecule has 4 rings (SSSR count). The first-order valence-electron chi connectivity index (χ1n) is 10.4. The number of nitrogens with zero attached hydrogens (tertiary/aromatic N) is 1. The van der Waals surface area contributed by atoms with Crippen molar-refractivity contribution in [3.63, 3.8) is 0 Å². The van der Waals surface area contributed by atoms with E-state index in [9.17, 15) is 9.18 Å². The lowest BCUT2D eigenvalue weighted by atomic mass is 10.0. The van der Waals surface area contributed by atoms with Crippen molar-refractivity contribution >= 4 is 16.8 Å². The van der Waals surface area contributed by atoms with Crippen LogP contribution in [0.25, 0.3) is 22.2 Å². The maximum absolute atomic E-state index is 13.9. The van der Waals surface area contributed by atoms with E-state index >= 15 is 0 Å². The molecule has 1 unspecified atom stereocenters. The SMILES string of the molecule is CCN(CC1CCCO1)C(=O)CCc1c(-c2ccccc2)[nH]c2ccc(F)cc12. The molecule has 1 atom stereocenters. The van der Waals surface area contributed by atoms with E-state index in [2.05, 4.69) is 4.98 Å². The molecule has 0 radical (unpaired) electrons. The third kappa shape index (κ3) is 4.35. The van der Waals surface area contributed by atoms with Gasteiger partial charge >= 0.3 is 0 Å². The number of aryl methyl sites for hydroxylation is 1. The zero-order valence-electron chi connectivity index (χ0n) is 16.8. The van der Waals surface area contributed by atoms with E-state index in [1.165, 1.54) is 6.07 Å². The lowest BCUT2D eigenvalue weighted by molar-refractivity contribution is -0.132. The normalized spacial score (nSPS) is 16.4. The van der Waals surface area contributed by atoms with E-state index in [0.717, 1.165) is 47.2 Å². The molecule has 5 heteroatoms. The van der Waals surface area contributed by atoms with Crippen LogP contribution < -0.4 is 0 Å². The van der Waals surface area contributed by atoms with Gasteiger partial charge in [-0.25, -0.2) is 4.39 Å². The smallest absolute Gasteiger partial charge is 0.222 e. The molecule has 3 aromatic rings. The zero-order chi connectivity index (χ0) is 20.2. The Morgan fingerprint density at radius 3 is 2.79 bits per heavy atom.